The van der Waals surface area contributed by atoms with Crippen LogP contribution in [0.3, 0.4) is 0 Å². The molecule has 0 bridgehead atoms. The monoisotopic (exact) mass is 281 g/mol. The van der Waals surface area contributed by atoms with Crippen molar-refractivity contribution >= 4 is 0 Å². The van der Waals surface area contributed by atoms with Crippen molar-refractivity contribution < 1.29 is 13.2 Å². The summed E-state index contributed by atoms with van der Waals surface area (Å²) in [5.74, 6) is -0.558. The predicted molar refractivity (Wildman–Crippen MR) is 71.2 cm³/mol. The van der Waals surface area contributed by atoms with Gasteiger partial charge in [0.1, 0.15) is 0 Å². The zero-order valence-electron chi connectivity index (χ0n) is 11.2. The zero-order chi connectivity index (χ0) is 14.2. The van der Waals surface area contributed by atoms with E-state index in [1.165, 1.54) is 0 Å². The van der Waals surface area contributed by atoms with Crippen molar-refractivity contribution in [2.45, 2.75) is 44.2 Å². The van der Waals surface area contributed by atoms with E-state index in [9.17, 15) is 13.2 Å². The lowest BCUT2D eigenvalue weighted by molar-refractivity contribution is -0.177. The van der Waals surface area contributed by atoms with E-state index in [0.29, 0.717) is 12.3 Å². The number of hydrogen-bond donors (Lipinski definition) is 0. The van der Waals surface area contributed by atoms with Crippen molar-refractivity contribution in [2.75, 3.05) is 0 Å². The highest BCUT2D eigenvalue weighted by atomic mass is 19.4. The van der Waals surface area contributed by atoms with Crippen LogP contribution in [0.2, 0.25) is 0 Å². The summed E-state index contributed by atoms with van der Waals surface area (Å²) in [6, 6.07) is 5.81. The summed E-state index contributed by atoms with van der Waals surface area (Å²) >= 11 is 0. The smallest absolute Gasteiger partial charge is 0.261 e. The Balaban J connectivity index is 1.72. The van der Waals surface area contributed by atoms with Crippen LogP contribution in [0.1, 0.15) is 43.7 Å². The lowest BCUT2D eigenvalue weighted by Crippen LogP contribution is -2.32. The maximum absolute atomic E-state index is 12.9. The molecule has 3 unspecified atom stereocenters. The summed E-state index contributed by atoms with van der Waals surface area (Å²) in [6.07, 6.45) is 2.79. The van der Waals surface area contributed by atoms with E-state index < -0.39 is 12.1 Å². The summed E-state index contributed by atoms with van der Waals surface area (Å²) in [7, 11) is 0. The van der Waals surface area contributed by atoms with Crippen molar-refractivity contribution in [3.8, 4) is 0 Å². The highest BCUT2D eigenvalue weighted by molar-refractivity contribution is 5.24. The number of alkyl halides is 3. The van der Waals surface area contributed by atoms with Gasteiger partial charge in [-0.15, -0.1) is 0 Å². The molecule has 1 aromatic rings. The van der Waals surface area contributed by atoms with E-state index in [4.69, 9.17) is 0 Å². The van der Waals surface area contributed by atoms with Crippen molar-refractivity contribution in [3.05, 3.63) is 41.7 Å². The summed E-state index contributed by atoms with van der Waals surface area (Å²) in [5.41, 5.74) is 2.04. The Morgan fingerprint density at radius 3 is 2.45 bits per heavy atom. The van der Waals surface area contributed by atoms with Gasteiger partial charge >= 0.3 is 6.18 Å². The number of halogens is 3. The Morgan fingerprint density at radius 2 is 1.85 bits per heavy atom. The Bertz CT molecular complexity index is 492. The fraction of sp³-hybridized carbons (Fsp3) is 0.562. The number of nitrogens with zero attached hydrogens (tertiary/aromatic N) is 1. The fourth-order valence-corrected chi connectivity index (χ4v) is 3.42. The number of pyridine rings is 1. The molecule has 1 heterocycles. The number of aromatic nitrogens is 1. The van der Waals surface area contributed by atoms with E-state index in [1.54, 1.807) is 6.20 Å². The maximum atomic E-state index is 12.9. The molecule has 4 heteroatoms. The molecule has 1 saturated carbocycles. The summed E-state index contributed by atoms with van der Waals surface area (Å²) < 4.78 is 38.6. The van der Waals surface area contributed by atoms with Crippen LogP contribution in [-0.4, -0.2) is 11.2 Å². The molecule has 0 aromatic carbocycles. The van der Waals surface area contributed by atoms with E-state index in [2.05, 4.69) is 4.98 Å². The average Bonchev–Trinajstić information content (AvgIpc) is 2.38. The molecular weight excluding hydrogens is 263 g/mol. The lowest BCUT2D eigenvalue weighted by atomic mass is 9.65. The summed E-state index contributed by atoms with van der Waals surface area (Å²) in [5, 5.41) is 0. The molecule has 1 fully saturated rings. The predicted octanol–water partition coefficient (Wildman–Crippen LogP) is 4.86. The Labute approximate surface area is 116 Å². The molecule has 108 valence electrons. The SMILES string of the molecule is FC(F)(F)C1CCC=C(C2CCC2c2ccccn2)C1. The molecule has 0 spiro atoms. The quantitative estimate of drug-likeness (QED) is 0.705. The van der Waals surface area contributed by atoms with Gasteiger partial charge < -0.3 is 0 Å². The standard InChI is InChI=1S/C16H18F3N/c17-16(18,19)12-5-3-4-11(10-12)13-7-8-14(13)15-6-1-2-9-20-15/h1-2,4,6,9,12-14H,3,5,7-8,10H2. The molecule has 3 rings (SSSR count). The molecule has 0 amide bonds. The van der Waals surface area contributed by atoms with Crippen LogP contribution in [0.4, 0.5) is 13.2 Å². The molecule has 0 radical (unpaired) electrons. The minimum atomic E-state index is -4.05. The molecule has 20 heavy (non-hydrogen) atoms. The fourth-order valence-electron chi connectivity index (χ4n) is 3.42. The van der Waals surface area contributed by atoms with Gasteiger partial charge in [0, 0.05) is 17.8 Å². The molecule has 2 aliphatic rings. The first-order valence-corrected chi connectivity index (χ1v) is 7.22. The number of hydrogen-bond acceptors (Lipinski definition) is 1. The Hall–Kier alpha value is -1.32. The average molecular weight is 281 g/mol. The minimum absolute atomic E-state index is 0.192. The molecule has 1 aromatic heterocycles. The molecule has 0 aliphatic heterocycles. The molecule has 0 saturated heterocycles. The van der Waals surface area contributed by atoms with Crippen LogP contribution in [0.15, 0.2) is 36.0 Å². The second-order valence-corrected chi connectivity index (χ2v) is 5.84. The van der Waals surface area contributed by atoms with Gasteiger partial charge in [0.25, 0.3) is 0 Å². The van der Waals surface area contributed by atoms with Crippen LogP contribution in [0.25, 0.3) is 0 Å². The van der Waals surface area contributed by atoms with Gasteiger partial charge in [0.15, 0.2) is 0 Å². The van der Waals surface area contributed by atoms with Gasteiger partial charge in [-0.1, -0.05) is 17.7 Å². The van der Waals surface area contributed by atoms with Gasteiger partial charge in [-0.25, -0.2) is 0 Å². The van der Waals surface area contributed by atoms with Gasteiger partial charge in [0.2, 0.25) is 0 Å². The third-order valence-corrected chi connectivity index (χ3v) is 4.68. The van der Waals surface area contributed by atoms with Crippen molar-refractivity contribution in [1.29, 1.82) is 0 Å². The topological polar surface area (TPSA) is 12.9 Å². The van der Waals surface area contributed by atoms with E-state index in [1.807, 2.05) is 24.3 Å². The highest BCUT2D eigenvalue weighted by Gasteiger charge is 2.44. The third-order valence-electron chi connectivity index (χ3n) is 4.68. The maximum Gasteiger partial charge on any atom is 0.392 e. The van der Waals surface area contributed by atoms with Crippen LogP contribution in [0, 0.1) is 11.8 Å². The third kappa shape index (κ3) is 2.60. The van der Waals surface area contributed by atoms with Crippen LogP contribution in [-0.2, 0) is 0 Å². The largest absolute Gasteiger partial charge is 0.392 e. The molecule has 2 aliphatic carbocycles. The van der Waals surface area contributed by atoms with Crippen molar-refractivity contribution in [3.63, 3.8) is 0 Å². The Kier molecular flexibility index (Phi) is 3.57. The van der Waals surface area contributed by atoms with Crippen LogP contribution < -0.4 is 0 Å². The van der Waals surface area contributed by atoms with E-state index in [0.717, 1.165) is 24.1 Å². The molecule has 3 atom stereocenters. The first-order chi connectivity index (χ1) is 9.55. The van der Waals surface area contributed by atoms with Gasteiger partial charge in [-0.05, 0) is 50.2 Å². The van der Waals surface area contributed by atoms with E-state index in [-0.39, 0.29) is 18.8 Å². The van der Waals surface area contributed by atoms with Crippen molar-refractivity contribution in [1.82, 2.24) is 4.98 Å². The first-order valence-electron chi connectivity index (χ1n) is 7.22. The van der Waals surface area contributed by atoms with Gasteiger partial charge in [-0.2, -0.15) is 13.2 Å². The molecular formula is C16H18F3N. The minimum Gasteiger partial charge on any atom is -0.261 e. The lowest BCUT2D eigenvalue weighted by Gasteiger charge is -2.40. The summed E-state index contributed by atoms with van der Waals surface area (Å²) in [6.45, 7) is 0. The highest BCUT2D eigenvalue weighted by Crippen LogP contribution is 2.50. The summed E-state index contributed by atoms with van der Waals surface area (Å²) in [4.78, 5) is 4.36. The van der Waals surface area contributed by atoms with Crippen molar-refractivity contribution in [2.24, 2.45) is 11.8 Å². The van der Waals surface area contributed by atoms with Gasteiger partial charge in [0.05, 0.1) is 5.92 Å². The number of allylic oxidation sites excluding steroid dienone is 2. The molecule has 1 nitrogen and oxygen atoms in total. The van der Waals surface area contributed by atoms with Crippen LogP contribution >= 0.6 is 0 Å². The Morgan fingerprint density at radius 1 is 1.05 bits per heavy atom. The van der Waals surface area contributed by atoms with Crippen LogP contribution in [0.5, 0.6) is 0 Å². The second kappa shape index (κ2) is 5.23. The van der Waals surface area contributed by atoms with E-state index >= 15 is 0 Å². The number of rotatable bonds is 2. The van der Waals surface area contributed by atoms with Gasteiger partial charge in [-0.3, -0.25) is 4.98 Å². The molecule has 0 N–H and O–H groups in total. The zero-order valence-corrected chi connectivity index (χ0v) is 11.2. The second-order valence-electron chi connectivity index (χ2n) is 5.84. The normalized spacial score (nSPS) is 30.6. The first kappa shape index (κ1) is 13.7.